The molecule has 0 unspecified atom stereocenters. The normalized spacial score (nSPS) is 10.8. The van der Waals surface area contributed by atoms with Crippen LogP contribution in [0.2, 0.25) is 0 Å². The third kappa shape index (κ3) is 2.44. The first-order valence-corrected chi connectivity index (χ1v) is 4.71. The van der Waals surface area contributed by atoms with Crippen molar-refractivity contribution in [3.8, 4) is 0 Å². The van der Waals surface area contributed by atoms with Crippen molar-refractivity contribution in [2.24, 2.45) is 13.0 Å². The van der Waals surface area contributed by atoms with E-state index in [0.717, 1.165) is 30.5 Å². The zero-order valence-corrected chi connectivity index (χ0v) is 8.83. The Morgan fingerprint density at radius 3 is 2.54 bits per heavy atom. The van der Waals surface area contributed by atoms with Crippen molar-refractivity contribution in [3.05, 3.63) is 5.82 Å². The Hall–Kier alpha value is -1.06. The van der Waals surface area contributed by atoms with Crippen molar-refractivity contribution < 1.29 is 0 Å². The fourth-order valence-corrected chi connectivity index (χ4v) is 1.21. The lowest BCUT2D eigenvalue weighted by Gasteiger charge is -2.04. The molecule has 0 atom stereocenters. The average Bonchev–Trinajstić information content (AvgIpc) is 2.43. The molecule has 13 heavy (non-hydrogen) atoms. The van der Waals surface area contributed by atoms with Crippen molar-refractivity contribution in [1.29, 1.82) is 0 Å². The topological polar surface area (TPSA) is 42.7 Å². The van der Waals surface area contributed by atoms with Crippen LogP contribution in [0.5, 0.6) is 0 Å². The van der Waals surface area contributed by atoms with Gasteiger partial charge in [0.05, 0.1) is 0 Å². The predicted molar refractivity (Wildman–Crippen MR) is 53.7 cm³/mol. The van der Waals surface area contributed by atoms with E-state index in [2.05, 4.69) is 29.4 Å². The Bertz CT molecular complexity index is 265. The Balaban J connectivity index is 2.62. The fraction of sp³-hybridized carbons (Fsp3) is 0.778. The third-order valence-corrected chi connectivity index (χ3v) is 2.13. The van der Waals surface area contributed by atoms with Crippen LogP contribution in [-0.4, -0.2) is 21.8 Å². The van der Waals surface area contributed by atoms with Crippen LogP contribution < -0.4 is 5.32 Å². The van der Waals surface area contributed by atoms with Gasteiger partial charge in [0.25, 0.3) is 0 Å². The standard InChI is InChI=1S/C9H18N4/c1-7(2)5-6-8-11-12-9(10-3)13(8)4/h7H,5-6H2,1-4H3,(H,10,12). The van der Waals surface area contributed by atoms with E-state index in [0.29, 0.717) is 0 Å². The molecule has 0 fully saturated rings. The van der Waals surface area contributed by atoms with Crippen LogP contribution in [0.3, 0.4) is 0 Å². The highest BCUT2D eigenvalue weighted by atomic mass is 15.3. The molecule has 0 aliphatic heterocycles. The van der Waals surface area contributed by atoms with E-state index >= 15 is 0 Å². The molecule has 1 heterocycles. The van der Waals surface area contributed by atoms with Gasteiger partial charge in [0.15, 0.2) is 0 Å². The van der Waals surface area contributed by atoms with E-state index in [1.165, 1.54) is 0 Å². The van der Waals surface area contributed by atoms with Crippen molar-refractivity contribution in [2.45, 2.75) is 26.7 Å². The second-order valence-electron chi connectivity index (χ2n) is 3.68. The first kappa shape index (κ1) is 10.0. The molecule has 1 aromatic rings. The molecule has 0 radical (unpaired) electrons. The fourth-order valence-electron chi connectivity index (χ4n) is 1.21. The van der Waals surface area contributed by atoms with Crippen LogP contribution >= 0.6 is 0 Å². The summed E-state index contributed by atoms with van der Waals surface area (Å²) >= 11 is 0. The maximum absolute atomic E-state index is 4.11. The van der Waals surface area contributed by atoms with Crippen molar-refractivity contribution >= 4 is 5.95 Å². The molecule has 4 heteroatoms. The molecule has 1 N–H and O–H groups in total. The largest absolute Gasteiger partial charge is 0.357 e. The molecule has 0 aliphatic rings. The lowest BCUT2D eigenvalue weighted by Crippen LogP contribution is -2.03. The van der Waals surface area contributed by atoms with Crippen LogP contribution in [0, 0.1) is 5.92 Å². The van der Waals surface area contributed by atoms with Gasteiger partial charge in [-0.25, -0.2) is 0 Å². The number of nitrogens with one attached hydrogen (secondary N) is 1. The van der Waals surface area contributed by atoms with Gasteiger partial charge in [-0.05, 0) is 12.3 Å². The van der Waals surface area contributed by atoms with Gasteiger partial charge in [-0.1, -0.05) is 13.8 Å². The number of anilines is 1. The summed E-state index contributed by atoms with van der Waals surface area (Å²) in [4.78, 5) is 0. The number of hydrogen-bond acceptors (Lipinski definition) is 3. The zero-order valence-electron chi connectivity index (χ0n) is 8.83. The number of nitrogens with zero attached hydrogens (tertiary/aromatic N) is 3. The van der Waals surface area contributed by atoms with Crippen LogP contribution in [-0.2, 0) is 13.5 Å². The summed E-state index contributed by atoms with van der Waals surface area (Å²) in [5.41, 5.74) is 0. The monoisotopic (exact) mass is 182 g/mol. The highest BCUT2D eigenvalue weighted by Gasteiger charge is 2.06. The molecule has 0 aromatic carbocycles. The zero-order chi connectivity index (χ0) is 9.84. The highest BCUT2D eigenvalue weighted by molar-refractivity contribution is 5.23. The molecular formula is C9H18N4. The first-order chi connectivity index (χ1) is 6.15. The molecule has 0 saturated carbocycles. The van der Waals surface area contributed by atoms with Gasteiger partial charge in [0.1, 0.15) is 5.82 Å². The summed E-state index contributed by atoms with van der Waals surface area (Å²) in [7, 11) is 3.84. The number of aryl methyl sites for hydroxylation is 1. The molecule has 0 spiro atoms. The Kier molecular flexibility index (Phi) is 3.28. The van der Waals surface area contributed by atoms with Crippen LogP contribution in [0.15, 0.2) is 0 Å². The van der Waals surface area contributed by atoms with Crippen LogP contribution in [0.25, 0.3) is 0 Å². The lowest BCUT2D eigenvalue weighted by atomic mass is 10.1. The van der Waals surface area contributed by atoms with Gasteiger partial charge in [0.2, 0.25) is 5.95 Å². The van der Waals surface area contributed by atoms with Gasteiger partial charge >= 0.3 is 0 Å². The second-order valence-corrected chi connectivity index (χ2v) is 3.68. The van der Waals surface area contributed by atoms with E-state index in [1.54, 1.807) is 0 Å². The Morgan fingerprint density at radius 1 is 1.38 bits per heavy atom. The molecule has 4 nitrogen and oxygen atoms in total. The third-order valence-electron chi connectivity index (χ3n) is 2.13. The molecule has 0 saturated heterocycles. The molecule has 1 aromatic heterocycles. The highest BCUT2D eigenvalue weighted by Crippen LogP contribution is 2.09. The maximum atomic E-state index is 4.11. The molecular weight excluding hydrogens is 164 g/mol. The Labute approximate surface area is 79.4 Å². The van der Waals surface area contributed by atoms with E-state index in [4.69, 9.17) is 0 Å². The number of hydrogen-bond donors (Lipinski definition) is 1. The minimum atomic E-state index is 0.717. The summed E-state index contributed by atoms with van der Waals surface area (Å²) in [5, 5.41) is 11.1. The van der Waals surface area contributed by atoms with E-state index in [1.807, 2.05) is 18.7 Å². The lowest BCUT2D eigenvalue weighted by molar-refractivity contribution is 0.566. The second kappa shape index (κ2) is 4.25. The Morgan fingerprint density at radius 2 is 2.08 bits per heavy atom. The van der Waals surface area contributed by atoms with E-state index < -0.39 is 0 Å². The summed E-state index contributed by atoms with van der Waals surface area (Å²) < 4.78 is 2.00. The molecule has 0 amide bonds. The summed E-state index contributed by atoms with van der Waals surface area (Å²) in [6.07, 6.45) is 2.17. The number of aromatic nitrogens is 3. The average molecular weight is 182 g/mol. The minimum Gasteiger partial charge on any atom is -0.357 e. The molecule has 74 valence electrons. The maximum Gasteiger partial charge on any atom is 0.224 e. The number of rotatable bonds is 4. The van der Waals surface area contributed by atoms with Gasteiger partial charge in [-0.15, -0.1) is 10.2 Å². The smallest absolute Gasteiger partial charge is 0.224 e. The van der Waals surface area contributed by atoms with E-state index in [-0.39, 0.29) is 0 Å². The molecule has 0 bridgehead atoms. The van der Waals surface area contributed by atoms with Gasteiger partial charge in [-0.2, -0.15) is 0 Å². The van der Waals surface area contributed by atoms with Crippen LogP contribution in [0.1, 0.15) is 26.1 Å². The van der Waals surface area contributed by atoms with Crippen molar-refractivity contribution in [1.82, 2.24) is 14.8 Å². The summed E-state index contributed by atoms with van der Waals surface area (Å²) in [6, 6.07) is 0. The van der Waals surface area contributed by atoms with Gasteiger partial charge < -0.3 is 9.88 Å². The van der Waals surface area contributed by atoms with Gasteiger partial charge in [0, 0.05) is 20.5 Å². The predicted octanol–water partition coefficient (Wildman–Crippen LogP) is 1.45. The summed E-state index contributed by atoms with van der Waals surface area (Å²) in [6.45, 7) is 4.44. The quantitative estimate of drug-likeness (QED) is 0.766. The van der Waals surface area contributed by atoms with Crippen LogP contribution in [0.4, 0.5) is 5.95 Å². The molecule has 1 rings (SSSR count). The van der Waals surface area contributed by atoms with Crippen molar-refractivity contribution in [2.75, 3.05) is 12.4 Å². The first-order valence-electron chi connectivity index (χ1n) is 4.71. The summed E-state index contributed by atoms with van der Waals surface area (Å²) in [5.74, 6) is 2.60. The van der Waals surface area contributed by atoms with Gasteiger partial charge in [-0.3, -0.25) is 0 Å². The van der Waals surface area contributed by atoms with E-state index in [9.17, 15) is 0 Å². The molecule has 0 aliphatic carbocycles. The van der Waals surface area contributed by atoms with Crippen molar-refractivity contribution in [3.63, 3.8) is 0 Å². The SMILES string of the molecule is CNc1nnc(CCC(C)C)n1C. The minimum absolute atomic E-state index is 0.717.